The van der Waals surface area contributed by atoms with Gasteiger partial charge in [0, 0.05) is 12.8 Å². The van der Waals surface area contributed by atoms with Crippen LogP contribution >= 0.6 is 0 Å². The zero-order valence-corrected chi connectivity index (χ0v) is 19.6. The summed E-state index contributed by atoms with van der Waals surface area (Å²) in [7, 11) is -1.31. The molecule has 0 radical (unpaired) electrons. The Morgan fingerprint density at radius 2 is 1.50 bits per heavy atom. The molecule has 1 heterocycles. The van der Waals surface area contributed by atoms with Crippen molar-refractivity contribution in [2.75, 3.05) is 0 Å². The number of carbonyl (C=O) groups excluding carboxylic acids is 1. The van der Waals surface area contributed by atoms with Gasteiger partial charge in [-0.05, 0) is 37.5 Å². The molecule has 0 amide bonds. The fourth-order valence-electron chi connectivity index (χ4n) is 5.72. The first kappa shape index (κ1) is 21.8. The fourth-order valence-corrected chi connectivity index (χ4v) is 11.0. The van der Waals surface area contributed by atoms with Crippen LogP contribution in [0, 0.1) is 24.7 Å². The summed E-state index contributed by atoms with van der Waals surface area (Å²) >= 11 is 0. The van der Waals surface area contributed by atoms with Crippen LogP contribution in [-0.2, 0) is 4.79 Å². The van der Waals surface area contributed by atoms with Crippen LogP contribution in [0.2, 0.25) is 18.1 Å². The first-order valence-corrected chi connectivity index (χ1v) is 14.7. The summed E-state index contributed by atoms with van der Waals surface area (Å²) in [6.07, 6.45) is 12.6. The molecule has 2 aliphatic rings. The van der Waals surface area contributed by atoms with Crippen LogP contribution in [-0.4, -0.2) is 13.9 Å². The van der Waals surface area contributed by atoms with Crippen LogP contribution in [0.5, 0.6) is 0 Å². The number of hydrogen-bond donors (Lipinski definition) is 0. The Bertz CT molecular complexity index is 600. The molecular formula is C26H42OSi. The maximum absolute atomic E-state index is 11.5. The van der Waals surface area contributed by atoms with E-state index < -0.39 is 8.07 Å². The zero-order valence-electron chi connectivity index (χ0n) is 18.6. The topological polar surface area (TPSA) is 17.1 Å². The van der Waals surface area contributed by atoms with Crippen molar-refractivity contribution in [2.45, 2.75) is 103 Å². The van der Waals surface area contributed by atoms with Gasteiger partial charge < -0.3 is 0 Å². The van der Waals surface area contributed by atoms with Gasteiger partial charge in [0.05, 0.1) is 8.07 Å². The van der Waals surface area contributed by atoms with Crippen molar-refractivity contribution in [2.24, 2.45) is 17.8 Å². The van der Waals surface area contributed by atoms with E-state index in [0.717, 1.165) is 30.6 Å². The molecular weight excluding hydrogens is 356 g/mol. The van der Waals surface area contributed by atoms with Crippen molar-refractivity contribution in [3.63, 3.8) is 0 Å². The van der Waals surface area contributed by atoms with Crippen molar-refractivity contribution in [1.29, 1.82) is 0 Å². The Kier molecular flexibility index (Phi) is 7.97. The second-order valence-corrected chi connectivity index (χ2v) is 15.1. The van der Waals surface area contributed by atoms with Crippen LogP contribution in [0.4, 0.5) is 0 Å². The Morgan fingerprint density at radius 3 is 2.07 bits per heavy atom. The van der Waals surface area contributed by atoms with E-state index in [0.29, 0.717) is 5.78 Å². The van der Waals surface area contributed by atoms with Gasteiger partial charge in [-0.2, -0.15) is 0 Å². The maximum Gasteiger partial charge on any atom is 0.132 e. The van der Waals surface area contributed by atoms with E-state index >= 15 is 0 Å². The predicted molar refractivity (Wildman–Crippen MR) is 124 cm³/mol. The summed E-state index contributed by atoms with van der Waals surface area (Å²) in [6.45, 7) is 6.96. The summed E-state index contributed by atoms with van der Waals surface area (Å²) in [6, 6.07) is 14.2. The van der Waals surface area contributed by atoms with Crippen LogP contribution in [0.3, 0.4) is 0 Å². The Labute approximate surface area is 174 Å². The third-order valence-electron chi connectivity index (χ3n) is 7.81. The molecule has 0 spiro atoms. The number of carbonyl (C=O) groups is 1. The van der Waals surface area contributed by atoms with Crippen LogP contribution in [0.1, 0.15) is 83.6 Å². The highest BCUT2D eigenvalue weighted by Gasteiger charge is 2.38. The van der Waals surface area contributed by atoms with E-state index in [9.17, 15) is 4.79 Å². The quantitative estimate of drug-likeness (QED) is 0.429. The Morgan fingerprint density at radius 1 is 0.929 bits per heavy atom. The van der Waals surface area contributed by atoms with Gasteiger partial charge in [-0.25, -0.2) is 0 Å². The first-order valence-electron chi connectivity index (χ1n) is 12.1. The van der Waals surface area contributed by atoms with Crippen LogP contribution < -0.4 is 5.19 Å². The lowest BCUT2D eigenvalue weighted by Crippen LogP contribution is -2.50. The molecule has 1 aliphatic heterocycles. The standard InChI is InChI=1S/C26H42OSi/c1-21(2)5-4-18-28(26-14-6-22(3)7-15-26)19-16-24(17-20-28)9-8-23-10-12-25(27)13-11-23/h6-7,14-15,21,23-24H,4-5,8-13,16-20H2,1-3H3. The average Bonchev–Trinajstić information content (AvgIpc) is 2.69. The highest BCUT2D eigenvalue weighted by Crippen LogP contribution is 2.39. The molecule has 1 aromatic carbocycles. The van der Waals surface area contributed by atoms with Gasteiger partial charge in [0.2, 0.25) is 0 Å². The first-order chi connectivity index (χ1) is 13.5. The van der Waals surface area contributed by atoms with E-state index in [-0.39, 0.29) is 0 Å². The molecule has 1 aromatic rings. The monoisotopic (exact) mass is 398 g/mol. The van der Waals surface area contributed by atoms with Gasteiger partial charge in [-0.1, -0.05) is 106 Å². The van der Waals surface area contributed by atoms with Gasteiger partial charge in [0.25, 0.3) is 0 Å². The van der Waals surface area contributed by atoms with Crippen LogP contribution in [0.15, 0.2) is 24.3 Å². The van der Waals surface area contributed by atoms with E-state index in [4.69, 9.17) is 0 Å². The van der Waals surface area contributed by atoms with Gasteiger partial charge in [0.1, 0.15) is 5.78 Å². The minimum atomic E-state index is -1.31. The molecule has 156 valence electrons. The van der Waals surface area contributed by atoms with E-state index in [1.165, 1.54) is 75.1 Å². The molecule has 0 atom stereocenters. The maximum atomic E-state index is 11.5. The SMILES string of the molecule is Cc1ccc([Si]2(CCCC(C)C)CCC(CCC3CCC(=O)CC3)CC2)cc1. The third kappa shape index (κ3) is 6.05. The average molecular weight is 399 g/mol. The summed E-state index contributed by atoms with van der Waals surface area (Å²) in [4.78, 5) is 11.5. The van der Waals surface area contributed by atoms with Crippen LogP contribution in [0.25, 0.3) is 0 Å². The molecule has 28 heavy (non-hydrogen) atoms. The summed E-state index contributed by atoms with van der Waals surface area (Å²) in [5.74, 6) is 3.13. The summed E-state index contributed by atoms with van der Waals surface area (Å²) < 4.78 is 0. The lowest BCUT2D eigenvalue weighted by molar-refractivity contribution is -0.121. The highest BCUT2D eigenvalue weighted by molar-refractivity contribution is 6.92. The molecule has 0 N–H and O–H groups in total. The normalized spacial score (nSPS) is 26.7. The van der Waals surface area contributed by atoms with Gasteiger partial charge in [-0.3, -0.25) is 4.79 Å². The van der Waals surface area contributed by atoms with E-state index in [1.807, 2.05) is 0 Å². The largest absolute Gasteiger partial charge is 0.300 e. The molecule has 1 saturated heterocycles. The minimum absolute atomic E-state index is 0.504. The number of hydrogen-bond acceptors (Lipinski definition) is 1. The zero-order chi connectivity index (χ0) is 20.0. The molecule has 1 nitrogen and oxygen atoms in total. The predicted octanol–water partition coefficient (Wildman–Crippen LogP) is 7.04. The van der Waals surface area contributed by atoms with E-state index in [1.54, 1.807) is 5.19 Å². The van der Waals surface area contributed by atoms with Crippen molar-refractivity contribution < 1.29 is 4.79 Å². The van der Waals surface area contributed by atoms with E-state index in [2.05, 4.69) is 45.0 Å². The number of aryl methyl sites for hydroxylation is 1. The number of ketones is 1. The highest BCUT2D eigenvalue weighted by atomic mass is 28.3. The minimum Gasteiger partial charge on any atom is -0.300 e. The van der Waals surface area contributed by atoms with Crippen molar-refractivity contribution in [3.05, 3.63) is 29.8 Å². The third-order valence-corrected chi connectivity index (χ3v) is 13.2. The molecule has 2 heteroatoms. The van der Waals surface area contributed by atoms with Gasteiger partial charge >= 0.3 is 0 Å². The lowest BCUT2D eigenvalue weighted by Gasteiger charge is -2.40. The van der Waals surface area contributed by atoms with Gasteiger partial charge in [0.15, 0.2) is 0 Å². The second-order valence-electron chi connectivity index (χ2n) is 10.4. The van der Waals surface area contributed by atoms with Crippen molar-refractivity contribution in [3.8, 4) is 0 Å². The van der Waals surface area contributed by atoms with Crippen molar-refractivity contribution in [1.82, 2.24) is 0 Å². The van der Waals surface area contributed by atoms with Crippen molar-refractivity contribution >= 4 is 19.0 Å². The molecule has 1 saturated carbocycles. The Hall–Kier alpha value is -0.893. The smallest absolute Gasteiger partial charge is 0.132 e. The number of rotatable bonds is 8. The summed E-state index contributed by atoms with van der Waals surface area (Å²) in [5.41, 5.74) is 1.40. The fraction of sp³-hybridized carbons (Fsp3) is 0.731. The number of Topliss-reactive ketones (excluding diaryl/α,β-unsaturated/α-hetero) is 1. The molecule has 0 unspecified atom stereocenters. The summed E-state index contributed by atoms with van der Waals surface area (Å²) in [5, 5.41) is 1.74. The molecule has 3 rings (SSSR count). The molecule has 0 bridgehead atoms. The Balaban J connectivity index is 1.55. The second kappa shape index (κ2) is 10.2. The molecule has 2 fully saturated rings. The number of benzene rings is 1. The molecule has 1 aliphatic carbocycles. The molecule has 0 aromatic heterocycles. The lowest BCUT2D eigenvalue weighted by atomic mass is 9.82. The van der Waals surface area contributed by atoms with Gasteiger partial charge in [-0.15, -0.1) is 0 Å².